The van der Waals surface area contributed by atoms with Crippen molar-refractivity contribution in [3.05, 3.63) is 0 Å². The van der Waals surface area contributed by atoms with Gasteiger partial charge in [-0.25, -0.2) is 0 Å². The summed E-state index contributed by atoms with van der Waals surface area (Å²) in [4.78, 5) is 0. The van der Waals surface area contributed by atoms with Gasteiger partial charge in [0, 0.05) is 0 Å². The highest BCUT2D eigenvalue weighted by atomic mass is 14.8. The Hall–Kier alpha value is -0.0400. The molecule has 1 heteroatoms. The predicted octanol–water partition coefficient (Wildman–Crippen LogP) is 3.69. The van der Waals surface area contributed by atoms with Crippen LogP contribution in [0.25, 0.3) is 0 Å². The maximum atomic E-state index is 3.45. The molecule has 0 heterocycles. The van der Waals surface area contributed by atoms with Gasteiger partial charge in [-0.2, -0.15) is 0 Å². The van der Waals surface area contributed by atoms with Crippen molar-refractivity contribution in [2.75, 3.05) is 13.6 Å². The van der Waals surface area contributed by atoms with Crippen molar-refractivity contribution in [1.82, 2.24) is 5.32 Å². The van der Waals surface area contributed by atoms with E-state index in [2.05, 4.69) is 33.1 Å². The average molecular weight is 235 g/mol. The fraction of sp³-hybridized carbons (Fsp3) is 1.00. The summed E-state index contributed by atoms with van der Waals surface area (Å²) in [5.41, 5.74) is 1.21. The van der Waals surface area contributed by atoms with Crippen LogP contribution in [-0.4, -0.2) is 13.6 Å². The van der Waals surface area contributed by atoms with E-state index in [-0.39, 0.29) is 0 Å². The molecule has 4 aliphatic carbocycles. The zero-order valence-electron chi connectivity index (χ0n) is 12.1. The minimum atomic E-state index is 0.521. The molecule has 4 aliphatic rings. The van der Waals surface area contributed by atoms with Crippen LogP contribution >= 0.6 is 0 Å². The van der Waals surface area contributed by atoms with Crippen LogP contribution in [-0.2, 0) is 0 Å². The highest BCUT2D eigenvalue weighted by Crippen LogP contribution is 2.67. The SMILES string of the molecule is CNCC1C2CC3CC1CC(C(C)(C)C)(C3)C2. The highest BCUT2D eigenvalue weighted by Gasteiger charge is 2.58. The molecule has 0 aliphatic heterocycles. The molecule has 17 heavy (non-hydrogen) atoms. The first kappa shape index (κ1) is 12.0. The van der Waals surface area contributed by atoms with Crippen LogP contribution < -0.4 is 5.32 Å². The van der Waals surface area contributed by atoms with Crippen molar-refractivity contribution in [2.24, 2.45) is 34.5 Å². The number of hydrogen-bond donors (Lipinski definition) is 1. The summed E-state index contributed by atoms with van der Waals surface area (Å²) in [5.74, 6) is 4.13. The molecular formula is C16H29N. The summed E-state index contributed by atoms with van der Waals surface area (Å²) in [7, 11) is 2.13. The third kappa shape index (κ3) is 1.69. The molecule has 0 amide bonds. The summed E-state index contributed by atoms with van der Waals surface area (Å²) in [5, 5.41) is 3.45. The summed E-state index contributed by atoms with van der Waals surface area (Å²) >= 11 is 0. The van der Waals surface area contributed by atoms with Gasteiger partial charge in [-0.05, 0) is 80.2 Å². The molecule has 0 aromatic heterocycles. The third-order valence-corrected chi connectivity index (χ3v) is 6.50. The Labute approximate surface area is 107 Å². The fourth-order valence-corrected chi connectivity index (χ4v) is 5.62. The van der Waals surface area contributed by atoms with Gasteiger partial charge in [-0.3, -0.25) is 0 Å². The minimum absolute atomic E-state index is 0.521. The average Bonchev–Trinajstić information content (AvgIpc) is 2.21. The van der Waals surface area contributed by atoms with E-state index in [9.17, 15) is 0 Å². The second-order valence-electron chi connectivity index (χ2n) is 8.22. The number of nitrogens with one attached hydrogen (secondary N) is 1. The molecular weight excluding hydrogens is 206 g/mol. The Morgan fingerprint density at radius 2 is 1.65 bits per heavy atom. The van der Waals surface area contributed by atoms with Crippen LogP contribution in [0.5, 0.6) is 0 Å². The third-order valence-electron chi connectivity index (χ3n) is 6.50. The van der Waals surface area contributed by atoms with Gasteiger partial charge in [-0.15, -0.1) is 0 Å². The number of rotatable bonds is 2. The normalized spacial score (nSPS) is 48.7. The lowest BCUT2D eigenvalue weighted by Gasteiger charge is -2.64. The molecule has 0 spiro atoms. The van der Waals surface area contributed by atoms with E-state index in [1.165, 1.54) is 25.8 Å². The summed E-state index contributed by atoms with van der Waals surface area (Å²) in [6.45, 7) is 8.75. The zero-order valence-corrected chi connectivity index (χ0v) is 12.1. The Bertz CT molecular complexity index is 285. The molecule has 0 saturated heterocycles. The van der Waals surface area contributed by atoms with E-state index in [1.54, 1.807) is 12.8 Å². The lowest BCUT2D eigenvalue weighted by molar-refractivity contribution is -0.142. The number of hydrogen-bond acceptors (Lipinski definition) is 1. The Kier molecular flexibility index (Phi) is 2.63. The molecule has 0 aromatic rings. The van der Waals surface area contributed by atoms with Gasteiger partial charge in [0.25, 0.3) is 0 Å². The first-order valence-electron chi connectivity index (χ1n) is 7.60. The Morgan fingerprint density at radius 3 is 2.12 bits per heavy atom. The van der Waals surface area contributed by atoms with Crippen LogP contribution in [0.4, 0.5) is 0 Å². The van der Waals surface area contributed by atoms with E-state index in [0.29, 0.717) is 10.8 Å². The van der Waals surface area contributed by atoms with Gasteiger partial charge >= 0.3 is 0 Å². The summed E-state index contributed by atoms with van der Waals surface area (Å²) in [6, 6.07) is 0. The van der Waals surface area contributed by atoms with Crippen molar-refractivity contribution >= 4 is 0 Å². The second kappa shape index (κ2) is 3.73. The second-order valence-corrected chi connectivity index (χ2v) is 8.22. The van der Waals surface area contributed by atoms with Crippen LogP contribution in [0.15, 0.2) is 0 Å². The monoisotopic (exact) mass is 235 g/mol. The smallest absolute Gasteiger partial charge is 0.00182 e. The van der Waals surface area contributed by atoms with E-state index >= 15 is 0 Å². The molecule has 4 rings (SSSR count). The minimum Gasteiger partial charge on any atom is -0.319 e. The highest BCUT2D eigenvalue weighted by molar-refractivity contribution is 5.08. The Morgan fingerprint density at radius 1 is 1.06 bits per heavy atom. The van der Waals surface area contributed by atoms with E-state index in [0.717, 1.165) is 23.7 Å². The van der Waals surface area contributed by atoms with Crippen LogP contribution in [0.3, 0.4) is 0 Å². The maximum absolute atomic E-state index is 3.45. The summed E-state index contributed by atoms with van der Waals surface area (Å²) in [6.07, 6.45) is 7.67. The lowest BCUT2D eigenvalue weighted by atomic mass is 9.41. The molecule has 98 valence electrons. The van der Waals surface area contributed by atoms with Gasteiger partial charge in [0.15, 0.2) is 0 Å². The zero-order chi connectivity index (χ0) is 12.3. The van der Waals surface area contributed by atoms with Crippen molar-refractivity contribution in [3.63, 3.8) is 0 Å². The van der Waals surface area contributed by atoms with Gasteiger partial charge < -0.3 is 5.32 Å². The molecule has 4 saturated carbocycles. The first-order chi connectivity index (χ1) is 7.95. The standard InChI is InChI=1S/C16H29N/c1-15(2,3)16-7-11-5-12(8-16)14(10-17-4)13(6-11)9-16/h11-14,17H,5-10H2,1-4H3. The fourth-order valence-electron chi connectivity index (χ4n) is 5.62. The van der Waals surface area contributed by atoms with Crippen LogP contribution in [0.2, 0.25) is 0 Å². The molecule has 2 atom stereocenters. The summed E-state index contributed by atoms with van der Waals surface area (Å²) < 4.78 is 0. The van der Waals surface area contributed by atoms with Gasteiger partial charge in [0.2, 0.25) is 0 Å². The van der Waals surface area contributed by atoms with Gasteiger partial charge in [0.1, 0.15) is 0 Å². The molecule has 0 radical (unpaired) electrons. The van der Waals surface area contributed by atoms with Crippen molar-refractivity contribution in [2.45, 2.75) is 52.9 Å². The largest absolute Gasteiger partial charge is 0.319 e. The predicted molar refractivity (Wildman–Crippen MR) is 72.9 cm³/mol. The van der Waals surface area contributed by atoms with Crippen LogP contribution in [0.1, 0.15) is 52.9 Å². The topological polar surface area (TPSA) is 12.0 Å². The molecule has 4 fully saturated rings. The molecule has 4 bridgehead atoms. The molecule has 2 unspecified atom stereocenters. The molecule has 1 nitrogen and oxygen atoms in total. The molecule has 1 N–H and O–H groups in total. The van der Waals surface area contributed by atoms with Crippen molar-refractivity contribution < 1.29 is 0 Å². The van der Waals surface area contributed by atoms with Crippen molar-refractivity contribution in [1.29, 1.82) is 0 Å². The maximum Gasteiger partial charge on any atom is -0.00182 e. The van der Waals surface area contributed by atoms with E-state index in [4.69, 9.17) is 0 Å². The van der Waals surface area contributed by atoms with Crippen LogP contribution in [0, 0.1) is 34.5 Å². The quantitative estimate of drug-likeness (QED) is 0.769. The van der Waals surface area contributed by atoms with E-state index < -0.39 is 0 Å². The lowest BCUT2D eigenvalue weighted by Crippen LogP contribution is -2.57. The molecule has 0 aromatic carbocycles. The van der Waals surface area contributed by atoms with Crippen molar-refractivity contribution in [3.8, 4) is 0 Å². The van der Waals surface area contributed by atoms with Gasteiger partial charge in [0.05, 0.1) is 0 Å². The van der Waals surface area contributed by atoms with Gasteiger partial charge in [-0.1, -0.05) is 20.8 Å². The first-order valence-corrected chi connectivity index (χ1v) is 7.60. The van der Waals surface area contributed by atoms with E-state index in [1.807, 2.05) is 0 Å². The Balaban J connectivity index is 1.87.